The Morgan fingerprint density at radius 3 is 2.24 bits per heavy atom. The van der Waals surface area contributed by atoms with Gasteiger partial charge in [0.15, 0.2) is 5.11 Å². The summed E-state index contributed by atoms with van der Waals surface area (Å²) < 4.78 is 2.37. The van der Waals surface area contributed by atoms with Gasteiger partial charge < -0.3 is 14.8 Å². The molecule has 38 heavy (non-hydrogen) atoms. The number of nitrogens with zero attached hydrogens (tertiary/aromatic N) is 4. The van der Waals surface area contributed by atoms with Crippen LogP contribution in [0.3, 0.4) is 0 Å². The van der Waals surface area contributed by atoms with E-state index < -0.39 is 0 Å². The number of nitrogens with one attached hydrogen (secondary N) is 1. The molecule has 1 saturated heterocycles. The predicted octanol–water partition coefficient (Wildman–Crippen LogP) is 7.32. The standard InChI is InChI=1S/C29H29N5O2S2/c1-18(2)32-19(3)17-25(20(32)4)28-27(26-7-5-6-16-30-26)31-29(37)33(28)21-8-12-23(13-9-21)38-24-14-10-22(11-15-24)34(35)36/h5-18,27-28H,1-4H3,(H,31,37)/t27-,28-/m1/s1. The third kappa shape index (κ3) is 4.91. The number of nitro benzene ring substituents is 1. The third-order valence-corrected chi connectivity index (χ3v) is 8.19. The van der Waals surface area contributed by atoms with Crippen LogP contribution in [0.2, 0.25) is 0 Å². The van der Waals surface area contributed by atoms with Gasteiger partial charge in [-0.2, -0.15) is 0 Å². The minimum Gasteiger partial charge on any atom is -0.351 e. The zero-order valence-corrected chi connectivity index (χ0v) is 23.3. The SMILES string of the molecule is Cc1cc([C@@H]2[C@@H](c3ccccn3)NC(=S)N2c2ccc(Sc3ccc([N+](=O)[O-])cc3)cc2)c(C)n1C(C)C. The lowest BCUT2D eigenvalue weighted by Gasteiger charge is -2.28. The van der Waals surface area contributed by atoms with Crippen molar-refractivity contribution in [2.45, 2.75) is 55.6 Å². The van der Waals surface area contributed by atoms with E-state index in [4.69, 9.17) is 12.2 Å². The molecule has 2 aromatic carbocycles. The smallest absolute Gasteiger partial charge is 0.269 e. The van der Waals surface area contributed by atoms with Gasteiger partial charge in [-0.05, 0) is 100 Å². The van der Waals surface area contributed by atoms with Gasteiger partial charge in [-0.25, -0.2) is 0 Å². The van der Waals surface area contributed by atoms with E-state index in [-0.39, 0.29) is 22.7 Å². The number of thiocarbonyl (C=S) groups is 1. The summed E-state index contributed by atoms with van der Waals surface area (Å²) in [6.07, 6.45) is 1.82. The van der Waals surface area contributed by atoms with Crippen molar-refractivity contribution in [3.63, 3.8) is 0 Å². The molecule has 0 amide bonds. The number of aromatic nitrogens is 2. The molecule has 1 aliphatic rings. The van der Waals surface area contributed by atoms with Crippen molar-refractivity contribution in [1.29, 1.82) is 0 Å². The predicted molar refractivity (Wildman–Crippen MR) is 156 cm³/mol. The van der Waals surface area contributed by atoms with Gasteiger partial charge in [0, 0.05) is 51.2 Å². The number of hydrogen-bond donors (Lipinski definition) is 1. The molecule has 2 atom stereocenters. The fourth-order valence-corrected chi connectivity index (χ4v) is 6.45. The fourth-order valence-electron chi connectivity index (χ4n) is 5.29. The number of benzene rings is 2. The first kappa shape index (κ1) is 25.9. The van der Waals surface area contributed by atoms with Gasteiger partial charge in [-0.3, -0.25) is 15.1 Å². The van der Waals surface area contributed by atoms with Crippen molar-refractivity contribution in [2.75, 3.05) is 4.90 Å². The van der Waals surface area contributed by atoms with Gasteiger partial charge in [0.05, 0.1) is 22.7 Å². The van der Waals surface area contributed by atoms with E-state index in [0.29, 0.717) is 11.2 Å². The molecule has 7 nitrogen and oxygen atoms in total. The molecule has 4 aromatic rings. The Kier molecular flexibility index (Phi) is 7.23. The number of nitro groups is 1. The first-order valence-corrected chi connectivity index (χ1v) is 13.7. The van der Waals surface area contributed by atoms with E-state index in [1.807, 2.05) is 24.4 Å². The molecule has 0 aliphatic carbocycles. The lowest BCUT2D eigenvalue weighted by atomic mass is 9.96. The minimum absolute atomic E-state index is 0.0655. The Morgan fingerprint density at radius 1 is 1.03 bits per heavy atom. The Labute approximate surface area is 232 Å². The minimum atomic E-state index is -0.385. The maximum atomic E-state index is 11.0. The van der Waals surface area contributed by atoms with Crippen LogP contribution in [-0.4, -0.2) is 19.6 Å². The number of non-ortho nitro benzene ring substituents is 1. The molecule has 9 heteroatoms. The van der Waals surface area contributed by atoms with Gasteiger partial charge in [0.2, 0.25) is 0 Å². The molecule has 0 saturated carbocycles. The van der Waals surface area contributed by atoms with Crippen LogP contribution in [0.4, 0.5) is 11.4 Å². The highest BCUT2D eigenvalue weighted by molar-refractivity contribution is 7.99. The molecule has 0 spiro atoms. The van der Waals surface area contributed by atoms with E-state index >= 15 is 0 Å². The number of pyridine rings is 1. The molecule has 2 aromatic heterocycles. The molecule has 1 N–H and O–H groups in total. The molecule has 0 unspecified atom stereocenters. The van der Waals surface area contributed by atoms with Crippen LogP contribution >= 0.6 is 24.0 Å². The Bertz CT molecular complexity index is 1470. The number of anilines is 1. The molecular formula is C29H29N5O2S2. The first-order valence-electron chi connectivity index (χ1n) is 12.5. The van der Waals surface area contributed by atoms with Crippen molar-refractivity contribution in [2.24, 2.45) is 0 Å². The average Bonchev–Trinajstić information content (AvgIpc) is 3.40. The van der Waals surface area contributed by atoms with Crippen molar-refractivity contribution in [1.82, 2.24) is 14.9 Å². The van der Waals surface area contributed by atoms with Gasteiger partial charge in [0.1, 0.15) is 0 Å². The molecule has 0 radical (unpaired) electrons. The number of hydrogen-bond acceptors (Lipinski definition) is 5. The van der Waals surface area contributed by atoms with Crippen LogP contribution in [0.25, 0.3) is 0 Å². The molecule has 194 valence electrons. The molecule has 3 heterocycles. The van der Waals surface area contributed by atoms with Crippen molar-refractivity contribution in [3.05, 3.63) is 112 Å². The highest BCUT2D eigenvalue weighted by Gasteiger charge is 2.42. The summed E-state index contributed by atoms with van der Waals surface area (Å²) in [5.74, 6) is 0. The fraction of sp³-hybridized carbons (Fsp3) is 0.241. The Morgan fingerprint density at radius 2 is 1.68 bits per heavy atom. The summed E-state index contributed by atoms with van der Waals surface area (Å²) >= 11 is 7.46. The van der Waals surface area contributed by atoms with Crippen LogP contribution < -0.4 is 10.2 Å². The van der Waals surface area contributed by atoms with Crippen LogP contribution in [0, 0.1) is 24.0 Å². The van der Waals surface area contributed by atoms with Gasteiger partial charge >= 0.3 is 0 Å². The van der Waals surface area contributed by atoms with Crippen LogP contribution in [0.5, 0.6) is 0 Å². The molecular weight excluding hydrogens is 514 g/mol. The lowest BCUT2D eigenvalue weighted by molar-refractivity contribution is -0.384. The topological polar surface area (TPSA) is 76.2 Å². The summed E-state index contributed by atoms with van der Waals surface area (Å²) in [5, 5.41) is 15.2. The van der Waals surface area contributed by atoms with Crippen LogP contribution in [0.15, 0.2) is 88.8 Å². The maximum absolute atomic E-state index is 11.0. The third-order valence-electron chi connectivity index (χ3n) is 6.85. The van der Waals surface area contributed by atoms with Crippen molar-refractivity contribution >= 4 is 40.5 Å². The summed E-state index contributed by atoms with van der Waals surface area (Å²) in [4.78, 5) is 19.4. The zero-order valence-electron chi connectivity index (χ0n) is 21.7. The first-order chi connectivity index (χ1) is 18.2. The van der Waals surface area contributed by atoms with Gasteiger partial charge in [-0.1, -0.05) is 17.8 Å². The molecule has 1 fully saturated rings. The molecule has 1 aliphatic heterocycles. The second-order valence-corrected chi connectivity index (χ2v) is 11.2. The van der Waals surface area contributed by atoms with E-state index in [1.165, 1.54) is 29.1 Å². The highest BCUT2D eigenvalue weighted by atomic mass is 32.2. The van der Waals surface area contributed by atoms with E-state index in [9.17, 15) is 10.1 Å². The van der Waals surface area contributed by atoms with E-state index in [1.54, 1.807) is 23.9 Å². The quantitative estimate of drug-likeness (QED) is 0.149. The Hall–Kier alpha value is -3.69. The Balaban J connectivity index is 1.50. The van der Waals surface area contributed by atoms with Crippen molar-refractivity contribution in [3.8, 4) is 0 Å². The molecule has 5 rings (SSSR count). The number of rotatable bonds is 7. The summed E-state index contributed by atoms with van der Waals surface area (Å²) in [6, 6.07) is 23.3. The monoisotopic (exact) mass is 543 g/mol. The number of aryl methyl sites for hydroxylation is 1. The average molecular weight is 544 g/mol. The second kappa shape index (κ2) is 10.6. The van der Waals surface area contributed by atoms with Crippen LogP contribution in [0.1, 0.15) is 54.6 Å². The lowest BCUT2D eigenvalue weighted by Crippen LogP contribution is -2.29. The van der Waals surface area contributed by atoms with E-state index in [2.05, 4.69) is 77.8 Å². The normalized spacial score (nSPS) is 17.2. The summed E-state index contributed by atoms with van der Waals surface area (Å²) in [5.41, 5.74) is 5.70. The molecule has 0 bridgehead atoms. The van der Waals surface area contributed by atoms with Crippen molar-refractivity contribution < 1.29 is 4.92 Å². The maximum Gasteiger partial charge on any atom is 0.269 e. The zero-order chi connectivity index (χ0) is 27.0. The second-order valence-electron chi connectivity index (χ2n) is 9.63. The summed E-state index contributed by atoms with van der Waals surface area (Å²) in [6.45, 7) is 8.75. The largest absolute Gasteiger partial charge is 0.351 e. The van der Waals surface area contributed by atoms with Gasteiger partial charge in [-0.15, -0.1) is 0 Å². The highest BCUT2D eigenvalue weighted by Crippen LogP contribution is 2.44. The van der Waals surface area contributed by atoms with Crippen LogP contribution in [-0.2, 0) is 0 Å². The summed E-state index contributed by atoms with van der Waals surface area (Å²) in [7, 11) is 0. The van der Waals surface area contributed by atoms with Gasteiger partial charge in [0.25, 0.3) is 5.69 Å². The van der Waals surface area contributed by atoms with E-state index in [0.717, 1.165) is 21.2 Å².